The van der Waals surface area contributed by atoms with Crippen LogP contribution in [0, 0.1) is 35.5 Å². The van der Waals surface area contributed by atoms with E-state index in [-0.39, 0.29) is 46.5 Å². The summed E-state index contributed by atoms with van der Waals surface area (Å²) in [5, 5.41) is 5.23. The molecule has 0 saturated heterocycles. The summed E-state index contributed by atoms with van der Waals surface area (Å²) in [5.41, 5.74) is 1.67. The van der Waals surface area contributed by atoms with E-state index < -0.39 is 21.1 Å². The monoisotopic (exact) mass is 749 g/mol. The van der Waals surface area contributed by atoms with Crippen LogP contribution in [-0.2, 0) is 35.3 Å². The van der Waals surface area contributed by atoms with Gasteiger partial charge in [0, 0.05) is 26.1 Å². The van der Waals surface area contributed by atoms with Gasteiger partial charge in [0.05, 0.1) is 18.3 Å². The molecule has 4 aliphatic carbocycles. The molecule has 1 atom stereocenters. The maximum absolute atomic E-state index is 13.5. The van der Waals surface area contributed by atoms with E-state index in [1.54, 1.807) is 0 Å². The van der Waals surface area contributed by atoms with Gasteiger partial charge in [-0.05, 0) is 77.0 Å². The number of aromatic nitrogens is 4. The number of imidazole rings is 1. The van der Waals surface area contributed by atoms with Crippen LogP contribution in [0.2, 0.25) is 0 Å². The number of fused-ring (bicyclic) bond motifs is 1. The number of amides is 1. The summed E-state index contributed by atoms with van der Waals surface area (Å²) in [6, 6.07) is 9.95. The smallest absolute Gasteiger partial charge is 0.333 e. The Kier molecular flexibility index (Phi) is 10.2. The van der Waals surface area contributed by atoms with Crippen molar-refractivity contribution in [3.63, 3.8) is 0 Å². The lowest BCUT2D eigenvalue weighted by Crippen LogP contribution is -2.38. The molecule has 2 aromatic heterocycles. The van der Waals surface area contributed by atoms with Crippen molar-refractivity contribution in [1.29, 1.82) is 0 Å². The summed E-state index contributed by atoms with van der Waals surface area (Å²) in [6.45, 7) is -0.0811. The summed E-state index contributed by atoms with van der Waals surface area (Å²) in [6.07, 6.45) is 20.7. The lowest BCUT2D eigenvalue weighted by Gasteiger charge is -2.38. The van der Waals surface area contributed by atoms with Crippen molar-refractivity contribution in [1.82, 2.24) is 24.0 Å². The number of rotatable bonds is 10. The number of sulfone groups is 1. The van der Waals surface area contributed by atoms with Gasteiger partial charge in [-0.3, -0.25) is 18.7 Å². The highest BCUT2D eigenvalue weighted by molar-refractivity contribution is 7.91. The van der Waals surface area contributed by atoms with Gasteiger partial charge in [-0.2, -0.15) is 4.98 Å². The van der Waals surface area contributed by atoms with Crippen molar-refractivity contribution in [3.05, 3.63) is 73.9 Å². The molecule has 0 aliphatic heterocycles. The third-order valence-electron chi connectivity index (χ3n) is 12.6. The predicted octanol–water partition coefficient (Wildman–Crippen LogP) is 6.56. The second-order valence-corrected chi connectivity index (χ2v) is 18.2. The number of carbonyl (C=O) groups is 1. The standard InChI is InChI=1S/C43H51N5O5S/c1-46-39-40(45-42(46)54(52,53)27-28-18-19-28)48(43(51)47(2)41(39)50)24-10-11-29-25-32-16-9-17-35-36(22-20-33(26-29)38(32)35)44-37(49)23-21-34(30-12-5-3-6-13-30)31-14-7-4-8-15-31/h9,16-17,20,22,25-26,28,30-31,34,36H,3-8,12-15,18-19,21,23-24,27H2,1-2H3,(H,44,49). The molecular formula is C43H51N5O5S. The van der Waals surface area contributed by atoms with Gasteiger partial charge < -0.3 is 9.88 Å². The van der Waals surface area contributed by atoms with Gasteiger partial charge >= 0.3 is 5.69 Å². The van der Waals surface area contributed by atoms with Crippen LogP contribution in [-0.4, -0.2) is 38.8 Å². The summed E-state index contributed by atoms with van der Waals surface area (Å²) >= 11 is 0. The van der Waals surface area contributed by atoms with Gasteiger partial charge in [0.2, 0.25) is 20.9 Å². The Labute approximate surface area is 317 Å². The number of carbonyl (C=O) groups excluding carboxylic acids is 1. The number of aryl methyl sites for hydroxylation is 1. The van der Waals surface area contributed by atoms with Crippen LogP contribution in [0.5, 0.6) is 0 Å². The minimum atomic E-state index is -3.74. The van der Waals surface area contributed by atoms with Gasteiger partial charge in [0.25, 0.3) is 5.56 Å². The molecule has 8 rings (SSSR count). The Bertz CT molecular complexity index is 2410. The van der Waals surface area contributed by atoms with Crippen molar-refractivity contribution in [2.24, 2.45) is 37.8 Å². The van der Waals surface area contributed by atoms with E-state index in [4.69, 9.17) is 0 Å². The third-order valence-corrected chi connectivity index (χ3v) is 14.4. The third kappa shape index (κ3) is 7.22. The average molecular weight is 750 g/mol. The van der Waals surface area contributed by atoms with Crippen LogP contribution in [0.15, 0.2) is 51.2 Å². The van der Waals surface area contributed by atoms with Crippen LogP contribution >= 0.6 is 0 Å². The quantitative estimate of drug-likeness (QED) is 0.183. The second kappa shape index (κ2) is 15.0. The molecule has 4 aliphatic rings. The Morgan fingerprint density at radius 3 is 2.33 bits per heavy atom. The number of hydrogen-bond donors (Lipinski definition) is 1. The lowest BCUT2D eigenvalue weighted by molar-refractivity contribution is -0.122. The van der Waals surface area contributed by atoms with E-state index in [1.165, 1.54) is 87.4 Å². The van der Waals surface area contributed by atoms with Crippen molar-refractivity contribution in [2.75, 3.05) is 5.75 Å². The predicted molar refractivity (Wildman–Crippen MR) is 212 cm³/mol. The molecule has 2 aromatic carbocycles. The van der Waals surface area contributed by atoms with Crippen LogP contribution in [0.1, 0.15) is 113 Å². The zero-order valence-corrected chi connectivity index (χ0v) is 32.3. The van der Waals surface area contributed by atoms with E-state index >= 15 is 0 Å². The van der Waals surface area contributed by atoms with Crippen LogP contribution in [0.3, 0.4) is 0 Å². The van der Waals surface area contributed by atoms with E-state index in [0.29, 0.717) is 12.3 Å². The van der Waals surface area contributed by atoms with Crippen LogP contribution < -0.4 is 16.6 Å². The molecule has 3 saturated carbocycles. The van der Waals surface area contributed by atoms with Crippen molar-refractivity contribution in [3.8, 4) is 11.8 Å². The highest BCUT2D eigenvalue weighted by Crippen LogP contribution is 2.42. The Balaban J connectivity index is 1.00. The Morgan fingerprint density at radius 2 is 1.65 bits per heavy atom. The topological polar surface area (TPSA) is 125 Å². The fourth-order valence-corrected chi connectivity index (χ4v) is 11.5. The highest BCUT2D eigenvalue weighted by Gasteiger charge is 2.34. The molecule has 4 aromatic rings. The van der Waals surface area contributed by atoms with E-state index in [2.05, 4.69) is 40.4 Å². The molecule has 0 spiro atoms. The molecule has 1 unspecified atom stereocenters. The number of nitrogens with zero attached hydrogens (tertiary/aromatic N) is 4. The minimum Gasteiger partial charge on any atom is -0.346 e. The molecule has 3 fully saturated rings. The molecular weight excluding hydrogens is 699 g/mol. The Hall–Kier alpha value is -4.43. The largest absolute Gasteiger partial charge is 0.346 e. The fourth-order valence-electron chi connectivity index (χ4n) is 9.63. The maximum atomic E-state index is 13.5. The van der Waals surface area contributed by atoms with Crippen molar-refractivity contribution in [2.45, 2.75) is 108 Å². The number of nitrogens with one attached hydrogen (secondary N) is 1. The molecule has 10 nitrogen and oxygen atoms in total. The van der Waals surface area contributed by atoms with Gasteiger partial charge in [-0.1, -0.05) is 106 Å². The molecule has 0 bridgehead atoms. The highest BCUT2D eigenvalue weighted by atomic mass is 32.2. The first-order chi connectivity index (χ1) is 26.1. The summed E-state index contributed by atoms with van der Waals surface area (Å²) in [7, 11) is -0.868. The van der Waals surface area contributed by atoms with E-state index in [9.17, 15) is 22.8 Å². The van der Waals surface area contributed by atoms with Gasteiger partial charge in [0.15, 0.2) is 11.2 Å². The minimum absolute atomic E-state index is 0.0158. The maximum Gasteiger partial charge on any atom is 0.333 e. The van der Waals surface area contributed by atoms with E-state index in [1.807, 2.05) is 24.3 Å². The average Bonchev–Trinajstić information content (AvgIpc) is 3.91. The van der Waals surface area contributed by atoms with Crippen LogP contribution in [0.25, 0.3) is 28.0 Å². The fraction of sp³-hybridized carbons (Fsp3) is 0.535. The van der Waals surface area contributed by atoms with Crippen molar-refractivity contribution < 1.29 is 13.2 Å². The van der Waals surface area contributed by atoms with Crippen LogP contribution in [0.4, 0.5) is 0 Å². The molecule has 0 radical (unpaired) electrons. The van der Waals surface area contributed by atoms with E-state index in [0.717, 1.165) is 63.1 Å². The molecule has 284 valence electrons. The molecule has 1 N–H and O–H groups in total. The van der Waals surface area contributed by atoms with Gasteiger partial charge in [-0.25, -0.2) is 13.2 Å². The Morgan fingerprint density at radius 1 is 0.944 bits per heavy atom. The zero-order chi connectivity index (χ0) is 37.6. The summed E-state index contributed by atoms with van der Waals surface area (Å²) in [5.74, 6) is 8.67. The second-order valence-electron chi connectivity index (χ2n) is 16.3. The molecule has 54 heavy (non-hydrogen) atoms. The number of benzene rings is 2. The SMILES string of the molecule is Cn1c(=O)c2c(nc(S(=O)(=O)CC3CC3)n2C)n(CC#Cc2cc3c4c(cccc4c2)C(NC(=O)CCC(C2CCCCC2)C2CCCCC2)C=C3)c1=O. The molecule has 2 heterocycles. The summed E-state index contributed by atoms with van der Waals surface area (Å²) in [4.78, 5) is 44.2. The first-order valence-corrected chi connectivity index (χ1v) is 21.7. The first kappa shape index (κ1) is 36.5. The molecule has 1 amide bonds. The van der Waals surface area contributed by atoms with Gasteiger partial charge in [0.1, 0.15) is 0 Å². The van der Waals surface area contributed by atoms with Crippen molar-refractivity contribution >= 4 is 43.8 Å². The lowest BCUT2D eigenvalue weighted by atomic mass is 9.68. The first-order valence-electron chi connectivity index (χ1n) is 20.0. The van der Waals surface area contributed by atoms with Gasteiger partial charge in [-0.15, -0.1) is 0 Å². The normalized spacial score (nSPS) is 19.4. The number of hydrogen-bond acceptors (Lipinski definition) is 6. The zero-order valence-electron chi connectivity index (χ0n) is 31.5. The molecule has 11 heteroatoms. The summed E-state index contributed by atoms with van der Waals surface area (Å²) < 4.78 is 29.9.